The summed E-state index contributed by atoms with van der Waals surface area (Å²) in [4.78, 5) is 12.6. The van der Waals surface area contributed by atoms with Gasteiger partial charge in [-0.2, -0.15) is 0 Å². The molecule has 0 aliphatic rings. The molecule has 1 aromatic rings. The SMILES string of the molecule is Cc1ccccc1SCC(=O)NCCCN. The molecule has 1 amide bonds. The van der Waals surface area contributed by atoms with Crippen LogP contribution < -0.4 is 11.1 Å². The first-order valence-corrected chi connectivity index (χ1v) is 6.38. The number of carbonyl (C=O) groups excluding carboxylic acids is 1. The van der Waals surface area contributed by atoms with E-state index < -0.39 is 0 Å². The van der Waals surface area contributed by atoms with Gasteiger partial charge in [0.15, 0.2) is 0 Å². The fourth-order valence-electron chi connectivity index (χ4n) is 1.24. The molecule has 0 saturated carbocycles. The molecule has 0 aliphatic heterocycles. The average molecular weight is 238 g/mol. The zero-order valence-electron chi connectivity index (χ0n) is 9.53. The van der Waals surface area contributed by atoms with Crippen LogP contribution in [-0.2, 0) is 4.79 Å². The number of nitrogens with one attached hydrogen (secondary N) is 1. The third-order valence-corrected chi connectivity index (χ3v) is 3.33. The minimum Gasteiger partial charge on any atom is -0.355 e. The molecule has 0 fully saturated rings. The van der Waals surface area contributed by atoms with Crippen LogP contribution in [0.5, 0.6) is 0 Å². The quantitative estimate of drug-likeness (QED) is 0.584. The topological polar surface area (TPSA) is 55.1 Å². The summed E-state index contributed by atoms with van der Waals surface area (Å²) in [6.07, 6.45) is 0.834. The van der Waals surface area contributed by atoms with E-state index in [0.29, 0.717) is 18.8 Å². The van der Waals surface area contributed by atoms with Gasteiger partial charge in [-0.3, -0.25) is 4.79 Å². The predicted molar refractivity (Wildman–Crippen MR) is 68.6 cm³/mol. The lowest BCUT2D eigenvalue weighted by molar-refractivity contribution is -0.118. The Bertz CT molecular complexity index is 342. The first-order valence-electron chi connectivity index (χ1n) is 5.39. The molecule has 16 heavy (non-hydrogen) atoms. The van der Waals surface area contributed by atoms with Crippen LogP contribution in [0.15, 0.2) is 29.2 Å². The zero-order chi connectivity index (χ0) is 11.8. The third-order valence-electron chi connectivity index (χ3n) is 2.16. The van der Waals surface area contributed by atoms with Gasteiger partial charge in [-0.25, -0.2) is 0 Å². The highest BCUT2D eigenvalue weighted by molar-refractivity contribution is 8.00. The smallest absolute Gasteiger partial charge is 0.230 e. The van der Waals surface area contributed by atoms with Crippen molar-refractivity contribution in [3.05, 3.63) is 29.8 Å². The molecule has 3 N–H and O–H groups in total. The van der Waals surface area contributed by atoms with E-state index in [1.54, 1.807) is 11.8 Å². The maximum absolute atomic E-state index is 11.4. The molecule has 0 aromatic heterocycles. The van der Waals surface area contributed by atoms with Gasteiger partial charge in [0.05, 0.1) is 5.75 Å². The number of hydrogen-bond acceptors (Lipinski definition) is 3. The van der Waals surface area contributed by atoms with Gasteiger partial charge < -0.3 is 11.1 Å². The number of nitrogens with two attached hydrogens (primary N) is 1. The lowest BCUT2D eigenvalue weighted by Gasteiger charge is -2.06. The molecule has 0 bridgehead atoms. The summed E-state index contributed by atoms with van der Waals surface area (Å²) in [6, 6.07) is 8.07. The van der Waals surface area contributed by atoms with Crippen LogP contribution >= 0.6 is 11.8 Å². The molecule has 0 heterocycles. The van der Waals surface area contributed by atoms with E-state index in [2.05, 4.69) is 18.3 Å². The third kappa shape index (κ3) is 4.68. The van der Waals surface area contributed by atoms with Gasteiger partial charge in [-0.1, -0.05) is 18.2 Å². The molecule has 0 unspecified atom stereocenters. The van der Waals surface area contributed by atoms with Crippen molar-refractivity contribution in [3.8, 4) is 0 Å². The second-order valence-electron chi connectivity index (χ2n) is 3.55. The van der Waals surface area contributed by atoms with Crippen molar-refractivity contribution >= 4 is 17.7 Å². The van der Waals surface area contributed by atoms with Gasteiger partial charge in [0.1, 0.15) is 0 Å². The van der Waals surface area contributed by atoms with Crippen LogP contribution in [-0.4, -0.2) is 24.7 Å². The Morgan fingerprint density at radius 1 is 1.44 bits per heavy atom. The van der Waals surface area contributed by atoms with Gasteiger partial charge >= 0.3 is 0 Å². The van der Waals surface area contributed by atoms with E-state index in [0.717, 1.165) is 11.3 Å². The summed E-state index contributed by atoms with van der Waals surface area (Å²) in [6.45, 7) is 3.34. The number of amides is 1. The van der Waals surface area contributed by atoms with Crippen molar-refractivity contribution in [1.29, 1.82) is 0 Å². The van der Waals surface area contributed by atoms with Crippen LogP contribution in [0.1, 0.15) is 12.0 Å². The fourth-order valence-corrected chi connectivity index (χ4v) is 2.10. The first kappa shape index (κ1) is 13.1. The van der Waals surface area contributed by atoms with E-state index in [-0.39, 0.29) is 5.91 Å². The highest BCUT2D eigenvalue weighted by Gasteiger charge is 2.03. The van der Waals surface area contributed by atoms with Crippen LogP contribution in [0.2, 0.25) is 0 Å². The Morgan fingerprint density at radius 2 is 2.19 bits per heavy atom. The molecule has 88 valence electrons. The molecule has 1 rings (SSSR count). The molecular formula is C12H18N2OS. The minimum absolute atomic E-state index is 0.0710. The largest absolute Gasteiger partial charge is 0.355 e. The van der Waals surface area contributed by atoms with Crippen molar-refractivity contribution in [1.82, 2.24) is 5.32 Å². The molecule has 0 saturated heterocycles. The van der Waals surface area contributed by atoms with Crippen LogP contribution in [0.3, 0.4) is 0 Å². The maximum atomic E-state index is 11.4. The normalized spacial score (nSPS) is 10.1. The number of aryl methyl sites for hydroxylation is 1. The number of benzene rings is 1. The highest BCUT2D eigenvalue weighted by Crippen LogP contribution is 2.21. The summed E-state index contributed by atoms with van der Waals surface area (Å²) in [5, 5.41) is 2.83. The summed E-state index contributed by atoms with van der Waals surface area (Å²) in [5.74, 6) is 0.539. The minimum atomic E-state index is 0.0710. The van der Waals surface area contributed by atoms with Gasteiger partial charge in [0.25, 0.3) is 0 Å². The number of rotatable bonds is 6. The van der Waals surface area contributed by atoms with E-state index in [9.17, 15) is 4.79 Å². The monoisotopic (exact) mass is 238 g/mol. The molecule has 0 atom stereocenters. The first-order chi connectivity index (χ1) is 7.74. The molecule has 1 aromatic carbocycles. The van der Waals surface area contributed by atoms with Crippen molar-refractivity contribution in [2.24, 2.45) is 5.73 Å². The number of carbonyl (C=O) groups is 1. The van der Waals surface area contributed by atoms with E-state index in [4.69, 9.17) is 5.73 Å². The van der Waals surface area contributed by atoms with Crippen molar-refractivity contribution in [2.75, 3.05) is 18.8 Å². The van der Waals surface area contributed by atoms with Crippen molar-refractivity contribution in [3.63, 3.8) is 0 Å². The zero-order valence-corrected chi connectivity index (χ0v) is 10.3. The fraction of sp³-hybridized carbons (Fsp3) is 0.417. The van der Waals surface area contributed by atoms with E-state index >= 15 is 0 Å². The number of hydrogen-bond donors (Lipinski definition) is 2. The van der Waals surface area contributed by atoms with Gasteiger partial charge in [-0.05, 0) is 31.5 Å². The lowest BCUT2D eigenvalue weighted by atomic mass is 10.2. The standard InChI is InChI=1S/C12H18N2OS/c1-10-5-2-3-6-11(10)16-9-12(15)14-8-4-7-13/h2-3,5-6H,4,7-9,13H2,1H3,(H,14,15). The van der Waals surface area contributed by atoms with Gasteiger partial charge in [0, 0.05) is 11.4 Å². The Kier molecular flexibility index (Phi) is 5.96. The van der Waals surface area contributed by atoms with Crippen LogP contribution in [0.25, 0.3) is 0 Å². The van der Waals surface area contributed by atoms with Crippen molar-refractivity contribution in [2.45, 2.75) is 18.2 Å². The van der Waals surface area contributed by atoms with Crippen LogP contribution in [0, 0.1) is 6.92 Å². The summed E-state index contributed by atoms with van der Waals surface area (Å²) >= 11 is 1.57. The van der Waals surface area contributed by atoms with Gasteiger partial charge in [-0.15, -0.1) is 11.8 Å². The second-order valence-corrected chi connectivity index (χ2v) is 4.56. The number of thioether (sulfide) groups is 1. The molecule has 0 spiro atoms. The highest BCUT2D eigenvalue weighted by atomic mass is 32.2. The Labute approximate surface area is 101 Å². The summed E-state index contributed by atoms with van der Waals surface area (Å²) < 4.78 is 0. The van der Waals surface area contributed by atoms with Crippen LogP contribution in [0.4, 0.5) is 0 Å². The lowest BCUT2D eigenvalue weighted by Crippen LogP contribution is -2.27. The maximum Gasteiger partial charge on any atom is 0.230 e. The van der Waals surface area contributed by atoms with Gasteiger partial charge in [0.2, 0.25) is 5.91 Å². The average Bonchev–Trinajstić information content (AvgIpc) is 2.28. The Morgan fingerprint density at radius 3 is 2.88 bits per heavy atom. The van der Waals surface area contributed by atoms with Crippen molar-refractivity contribution < 1.29 is 4.79 Å². The Balaban J connectivity index is 2.29. The van der Waals surface area contributed by atoms with E-state index in [1.165, 1.54) is 5.56 Å². The Hall–Kier alpha value is -1.00. The second kappa shape index (κ2) is 7.30. The molecule has 3 nitrogen and oxygen atoms in total. The molecule has 0 radical (unpaired) electrons. The molecule has 0 aliphatic carbocycles. The van der Waals surface area contributed by atoms with E-state index in [1.807, 2.05) is 18.2 Å². The summed E-state index contributed by atoms with van der Waals surface area (Å²) in [5.41, 5.74) is 6.55. The molecular weight excluding hydrogens is 220 g/mol. The predicted octanol–water partition coefficient (Wildman–Crippen LogP) is 1.55. The summed E-state index contributed by atoms with van der Waals surface area (Å²) in [7, 11) is 0. The molecule has 4 heteroatoms.